The summed E-state index contributed by atoms with van der Waals surface area (Å²) in [4.78, 5) is 4.62. The molecule has 0 aliphatic rings. The molecular formula is C18H32IN3O2. The SMILES string of the molecule is CCCNC(=NCc1cccc(COCCOCC)c1)NCC.I. The van der Waals surface area contributed by atoms with E-state index >= 15 is 0 Å². The highest BCUT2D eigenvalue weighted by Gasteiger charge is 1.99. The molecule has 0 fully saturated rings. The fraction of sp³-hybridized carbons (Fsp3) is 0.611. The summed E-state index contributed by atoms with van der Waals surface area (Å²) in [5, 5.41) is 6.57. The third-order valence-electron chi connectivity index (χ3n) is 3.14. The van der Waals surface area contributed by atoms with Gasteiger partial charge in [0, 0.05) is 19.7 Å². The van der Waals surface area contributed by atoms with Gasteiger partial charge in [0.1, 0.15) is 0 Å². The van der Waals surface area contributed by atoms with Crippen LogP contribution in [-0.2, 0) is 22.6 Å². The first-order chi connectivity index (χ1) is 11.3. The third kappa shape index (κ3) is 10.8. The normalized spacial score (nSPS) is 11.0. The Bertz CT molecular complexity index is 456. The van der Waals surface area contributed by atoms with E-state index < -0.39 is 0 Å². The minimum atomic E-state index is 0. The Morgan fingerprint density at radius 1 is 1.04 bits per heavy atom. The van der Waals surface area contributed by atoms with Gasteiger partial charge in [0.25, 0.3) is 0 Å². The molecule has 138 valence electrons. The third-order valence-corrected chi connectivity index (χ3v) is 3.14. The summed E-state index contributed by atoms with van der Waals surface area (Å²) in [6.45, 7) is 11.3. The monoisotopic (exact) mass is 449 g/mol. The molecular weight excluding hydrogens is 417 g/mol. The second-order valence-electron chi connectivity index (χ2n) is 5.19. The van der Waals surface area contributed by atoms with Crippen molar-refractivity contribution < 1.29 is 9.47 Å². The number of hydrogen-bond acceptors (Lipinski definition) is 3. The molecule has 0 saturated heterocycles. The maximum atomic E-state index is 5.61. The molecule has 0 spiro atoms. The van der Waals surface area contributed by atoms with E-state index in [1.54, 1.807) is 0 Å². The first-order valence-electron chi connectivity index (χ1n) is 8.55. The molecule has 0 aliphatic heterocycles. The standard InChI is InChI=1S/C18H31N3O2.HI/c1-4-10-20-18(19-5-2)21-14-16-8-7-9-17(13-16)15-23-12-11-22-6-3;/h7-9,13H,4-6,10-12,14-15H2,1-3H3,(H2,19,20,21);1H. The van der Waals surface area contributed by atoms with Crippen LogP contribution in [0.15, 0.2) is 29.3 Å². The molecule has 6 heteroatoms. The van der Waals surface area contributed by atoms with Crippen molar-refractivity contribution in [3.63, 3.8) is 0 Å². The summed E-state index contributed by atoms with van der Waals surface area (Å²) in [6, 6.07) is 8.37. The molecule has 0 atom stereocenters. The molecule has 24 heavy (non-hydrogen) atoms. The lowest BCUT2D eigenvalue weighted by Gasteiger charge is -2.10. The number of aliphatic imine (C=N–C) groups is 1. The quantitative estimate of drug-likeness (QED) is 0.236. The van der Waals surface area contributed by atoms with Gasteiger partial charge in [-0.2, -0.15) is 0 Å². The Hall–Kier alpha value is -0.860. The topological polar surface area (TPSA) is 54.9 Å². The molecule has 5 nitrogen and oxygen atoms in total. The summed E-state index contributed by atoms with van der Waals surface area (Å²) in [7, 11) is 0. The zero-order chi connectivity index (χ0) is 16.8. The lowest BCUT2D eigenvalue weighted by Crippen LogP contribution is -2.37. The zero-order valence-electron chi connectivity index (χ0n) is 15.1. The Morgan fingerprint density at radius 3 is 2.50 bits per heavy atom. The lowest BCUT2D eigenvalue weighted by atomic mass is 10.1. The second-order valence-corrected chi connectivity index (χ2v) is 5.19. The minimum Gasteiger partial charge on any atom is -0.379 e. The van der Waals surface area contributed by atoms with Gasteiger partial charge in [0.15, 0.2) is 5.96 Å². The zero-order valence-corrected chi connectivity index (χ0v) is 17.5. The summed E-state index contributed by atoms with van der Waals surface area (Å²) in [5.41, 5.74) is 2.35. The Kier molecular flexibility index (Phi) is 15.1. The van der Waals surface area contributed by atoms with E-state index in [2.05, 4.69) is 53.7 Å². The molecule has 0 saturated carbocycles. The van der Waals surface area contributed by atoms with Gasteiger partial charge >= 0.3 is 0 Å². The molecule has 0 amide bonds. The van der Waals surface area contributed by atoms with E-state index in [0.29, 0.717) is 26.4 Å². The average Bonchev–Trinajstić information content (AvgIpc) is 2.57. The highest BCUT2D eigenvalue weighted by Crippen LogP contribution is 2.08. The van der Waals surface area contributed by atoms with Crippen LogP contribution in [0.4, 0.5) is 0 Å². The minimum absolute atomic E-state index is 0. The van der Waals surface area contributed by atoms with Crippen molar-refractivity contribution in [3.8, 4) is 0 Å². The van der Waals surface area contributed by atoms with Gasteiger partial charge < -0.3 is 20.1 Å². The van der Waals surface area contributed by atoms with Crippen molar-refractivity contribution >= 4 is 29.9 Å². The van der Waals surface area contributed by atoms with Crippen LogP contribution in [0.2, 0.25) is 0 Å². The number of rotatable bonds is 11. The number of halogens is 1. The van der Waals surface area contributed by atoms with Gasteiger partial charge in [-0.1, -0.05) is 31.2 Å². The summed E-state index contributed by atoms with van der Waals surface area (Å²) >= 11 is 0. The van der Waals surface area contributed by atoms with E-state index in [1.807, 2.05) is 6.92 Å². The first kappa shape index (κ1) is 23.1. The molecule has 0 radical (unpaired) electrons. The molecule has 1 aromatic rings. The summed E-state index contributed by atoms with van der Waals surface area (Å²) in [5.74, 6) is 0.868. The maximum Gasteiger partial charge on any atom is 0.191 e. The first-order valence-corrected chi connectivity index (χ1v) is 8.55. The smallest absolute Gasteiger partial charge is 0.191 e. The number of ether oxygens (including phenoxy) is 2. The van der Waals surface area contributed by atoms with E-state index in [4.69, 9.17) is 9.47 Å². The van der Waals surface area contributed by atoms with Gasteiger partial charge in [-0.25, -0.2) is 4.99 Å². The van der Waals surface area contributed by atoms with E-state index in [1.165, 1.54) is 11.1 Å². The maximum absolute atomic E-state index is 5.61. The van der Waals surface area contributed by atoms with Crippen molar-refractivity contribution in [2.24, 2.45) is 4.99 Å². The lowest BCUT2D eigenvalue weighted by molar-refractivity contribution is 0.0453. The van der Waals surface area contributed by atoms with Crippen LogP contribution < -0.4 is 10.6 Å². The second kappa shape index (κ2) is 15.7. The molecule has 0 aromatic heterocycles. The predicted octanol–water partition coefficient (Wildman–Crippen LogP) is 3.32. The number of nitrogens with one attached hydrogen (secondary N) is 2. The van der Waals surface area contributed by atoms with Crippen LogP contribution >= 0.6 is 24.0 Å². The fourth-order valence-electron chi connectivity index (χ4n) is 2.03. The number of nitrogens with zero attached hydrogens (tertiary/aromatic N) is 1. The average molecular weight is 449 g/mol. The van der Waals surface area contributed by atoms with Crippen molar-refractivity contribution in [2.45, 2.75) is 40.3 Å². The summed E-state index contributed by atoms with van der Waals surface area (Å²) < 4.78 is 10.9. The highest BCUT2D eigenvalue weighted by molar-refractivity contribution is 14.0. The van der Waals surface area contributed by atoms with Crippen LogP contribution in [0.3, 0.4) is 0 Å². The van der Waals surface area contributed by atoms with Gasteiger partial charge in [-0.05, 0) is 31.4 Å². The van der Waals surface area contributed by atoms with Crippen molar-refractivity contribution in [2.75, 3.05) is 32.9 Å². The van der Waals surface area contributed by atoms with Crippen LogP contribution in [0, 0.1) is 0 Å². The number of benzene rings is 1. The van der Waals surface area contributed by atoms with Crippen molar-refractivity contribution in [1.82, 2.24) is 10.6 Å². The van der Waals surface area contributed by atoms with E-state index in [9.17, 15) is 0 Å². The van der Waals surface area contributed by atoms with Crippen LogP contribution in [0.25, 0.3) is 0 Å². The van der Waals surface area contributed by atoms with Crippen LogP contribution in [-0.4, -0.2) is 38.9 Å². The van der Waals surface area contributed by atoms with Gasteiger partial charge in [-0.15, -0.1) is 24.0 Å². The van der Waals surface area contributed by atoms with E-state index in [-0.39, 0.29) is 24.0 Å². The number of guanidine groups is 1. The van der Waals surface area contributed by atoms with Crippen molar-refractivity contribution in [3.05, 3.63) is 35.4 Å². The number of hydrogen-bond donors (Lipinski definition) is 2. The molecule has 0 unspecified atom stereocenters. The van der Waals surface area contributed by atoms with E-state index in [0.717, 1.165) is 32.1 Å². The van der Waals surface area contributed by atoms with Gasteiger partial charge in [0.2, 0.25) is 0 Å². The van der Waals surface area contributed by atoms with Crippen LogP contribution in [0.5, 0.6) is 0 Å². The highest BCUT2D eigenvalue weighted by atomic mass is 127. The Labute approximate surface area is 163 Å². The van der Waals surface area contributed by atoms with Crippen molar-refractivity contribution in [1.29, 1.82) is 0 Å². The molecule has 1 aromatic carbocycles. The Balaban J connectivity index is 0.00000529. The van der Waals surface area contributed by atoms with Crippen LogP contribution in [0.1, 0.15) is 38.3 Å². The molecule has 0 bridgehead atoms. The van der Waals surface area contributed by atoms with Gasteiger partial charge in [-0.3, -0.25) is 0 Å². The van der Waals surface area contributed by atoms with Gasteiger partial charge in [0.05, 0.1) is 26.4 Å². The molecule has 0 heterocycles. The molecule has 0 aliphatic carbocycles. The summed E-state index contributed by atoms with van der Waals surface area (Å²) in [6.07, 6.45) is 1.08. The predicted molar refractivity (Wildman–Crippen MR) is 111 cm³/mol. The Morgan fingerprint density at radius 2 is 1.79 bits per heavy atom. The molecule has 1 rings (SSSR count). The fourth-order valence-corrected chi connectivity index (χ4v) is 2.03. The molecule has 2 N–H and O–H groups in total. The largest absolute Gasteiger partial charge is 0.379 e.